The van der Waals surface area contributed by atoms with E-state index in [1.807, 2.05) is 45.0 Å². The van der Waals surface area contributed by atoms with Crippen molar-refractivity contribution in [3.8, 4) is 0 Å². The van der Waals surface area contributed by atoms with Gasteiger partial charge >= 0.3 is 0 Å². The molecule has 0 aliphatic carbocycles. The van der Waals surface area contributed by atoms with Crippen LogP contribution in [0.2, 0.25) is 10.0 Å². The van der Waals surface area contributed by atoms with Crippen molar-refractivity contribution in [3.63, 3.8) is 0 Å². The summed E-state index contributed by atoms with van der Waals surface area (Å²) in [5.41, 5.74) is 2.05. The van der Waals surface area contributed by atoms with Crippen LogP contribution in [0.4, 0.5) is 5.69 Å². The zero-order valence-electron chi connectivity index (χ0n) is 20.0. The highest BCUT2D eigenvalue weighted by Gasteiger charge is 2.30. The van der Waals surface area contributed by atoms with Gasteiger partial charge in [-0.15, -0.1) is 0 Å². The molecule has 2 rings (SSSR count). The van der Waals surface area contributed by atoms with Gasteiger partial charge in [0.1, 0.15) is 12.6 Å². The third-order valence-corrected chi connectivity index (χ3v) is 7.03. The maximum Gasteiger partial charge on any atom is 0.244 e. The summed E-state index contributed by atoms with van der Waals surface area (Å²) in [6.45, 7) is 7.04. The molecule has 34 heavy (non-hydrogen) atoms. The van der Waals surface area contributed by atoms with Crippen molar-refractivity contribution in [3.05, 3.63) is 63.6 Å². The second-order valence-corrected chi connectivity index (χ2v) is 11.2. The number of rotatable bonds is 10. The molecule has 2 aromatic carbocycles. The van der Waals surface area contributed by atoms with Gasteiger partial charge in [-0.3, -0.25) is 13.9 Å². The van der Waals surface area contributed by atoms with Crippen LogP contribution in [-0.4, -0.2) is 50.0 Å². The van der Waals surface area contributed by atoms with E-state index in [0.717, 1.165) is 28.1 Å². The first-order valence-corrected chi connectivity index (χ1v) is 13.5. The Bertz CT molecular complexity index is 1100. The molecule has 0 fully saturated rings. The van der Waals surface area contributed by atoms with Gasteiger partial charge in [-0.25, -0.2) is 8.42 Å². The summed E-state index contributed by atoms with van der Waals surface area (Å²) in [4.78, 5) is 27.7. The Morgan fingerprint density at radius 2 is 1.59 bits per heavy atom. The molecule has 0 radical (unpaired) electrons. The maximum atomic E-state index is 13.5. The predicted molar refractivity (Wildman–Crippen MR) is 138 cm³/mol. The highest BCUT2D eigenvalue weighted by atomic mass is 35.5. The minimum absolute atomic E-state index is 0.0626. The highest BCUT2D eigenvalue weighted by molar-refractivity contribution is 7.92. The van der Waals surface area contributed by atoms with Crippen molar-refractivity contribution in [1.82, 2.24) is 10.2 Å². The molecule has 0 aliphatic rings. The number of nitrogens with zero attached hydrogens (tertiary/aromatic N) is 2. The minimum atomic E-state index is -3.86. The maximum absolute atomic E-state index is 13.5. The molecule has 2 atom stereocenters. The monoisotopic (exact) mass is 527 g/mol. The lowest BCUT2D eigenvalue weighted by Crippen LogP contribution is -2.52. The van der Waals surface area contributed by atoms with Crippen molar-refractivity contribution >= 4 is 50.7 Å². The predicted octanol–water partition coefficient (Wildman–Crippen LogP) is 4.40. The van der Waals surface area contributed by atoms with Crippen molar-refractivity contribution < 1.29 is 18.0 Å². The van der Waals surface area contributed by atoms with Crippen LogP contribution in [0.25, 0.3) is 0 Å². The fourth-order valence-corrected chi connectivity index (χ4v) is 4.58. The Morgan fingerprint density at radius 3 is 2.09 bits per heavy atom. The smallest absolute Gasteiger partial charge is 0.244 e. The number of carbonyl (C=O) groups excluding carboxylic acids is 2. The van der Waals surface area contributed by atoms with Crippen LogP contribution in [0.3, 0.4) is 0 Å². The number of aryl methyl sites for hydroxylation is 1. The van der Waals surface area contributed by atoms with Crippen molar-refractivity contribution in [2.24, 2.45) is 0 Å². The molecule has 0 saturated carbocycles. The average Bonchev–Trinajstić information content (AvgIpc) is 2.74. The van der Waals surface area contributed by atoms with Gasteiger partial charge in [0.05, 0.1) is 11.9 Å². The lowest BCUT2D eigenvalue weighted by atomic mass is 10.1. The Balaban J connectivity index is 2.41. The van der Waals surface area contributed by atoms with Gasteiger partial charge in [0.15, 0.2) is 0 Å². The highest BCUT2D eigenvalue weighted by Crippen LogP contribution is 2.27. The summed E-state index contributed by atoms with van der Waals surface area (Å²) in [6, 6.07) is 11.0. The van der Waals surface area contributed by atoms with Gasteiger partial charge in [-0.2, -0.15) is 0 Å². The van der Waals surface area contributed by atoms with Crippen molar-refractivity contribution in [2.45, 2.75) is 52.7 Å². The number of amides is 2. The number of hydrogen-bond donors (Lipinski definition) is 1. The molecule has 7 nitrogen and oxygen atoms in total. The SMILES string of the molecule is CC[C@H](C)NC(=O)[C@@H](C)N(Cc1ccc(C)cc1)C(=O)CN(c1cc(Cl)cc(Cl)c1)S(C)(=O)=O. The van der Waals surface area contributed by atoms with Crippen molar-refractivity contribution in [2.75, 3.05) is 17.1 Å². The molecule has 2 aromatic rings. The molecule has 0 bridgehead atoms. The molecule has 1 N–H and O–H groups in total. The molecule has 10 heteroatoms. The van der Waals surface area contributed by atoms with Crippen LogP contribution in [0, 0.1) is 6.92 Å². The Labute approximate surface area is 212 Å². The first-order valence-electron chi connectivity index (χ1n) is 10.9. The first kappa shape index (κ1) is 28.0. The van der Waals surface area contributed by atoms with E-state index in [9.17, 15) is 18.0 Å². The van der Waals surface area contributed by atoms with E-state index in [1.54, 1.807) is 6.92 Å². The molecule has 186 valence electrons. The minimum Gasteiger partial charge on any atom is -0.352 e. The largest absolute Gasteiger partial charge is 0.352 e. The fourth-order valence-electron chi connectivity index (χ4n) is 3.24. The summed E-state index contributed by atoms with van der Waals surface area (Å²) in [7, 11) is -3.86. The van der Waals surface area contributed by atoms with E-state index in [4.69, 9.17) is 23.2 Å². The zero-order valence-corrected chi connectivity index (χ0v) is 22.3. The van der Waals surface area contributed by atoms with E-state index < -0.39 is 28.5 Å². The Kier molecular flexibility index (Phi) is 9.79. The van der Waals surface area contributed by atoms with Crippen LogP contribution < -0.4 is 9.62 Å². The summed E-state index contributed by atoms with van der Waals surface area (Å²) in [5, 5.41) is 3.37. The normalized spacial score (nSPS) is 13.1. The number of hydrogen-bond acceptors (Lipinski definition) is 4. The third kappa shape index (κ3) is 7.89. The Morgan fingerprint density at radius 1 is 1.03 bits per heavy atom. The number of nitrogens with one attached hydrogen (secondary N) is 1. The van der Waals surface area contributed by atoms with Crippen LogP contribution in [0.5, 0.6) is 0 Å². The van der Waals surface area contributed by atoms with Crippen LogP contribution in [-0.2, 0) is 26.2 Å². The molecule has 2 amide bonds. The summed E-state index contributed by atoms with van der Waals surface area (Å²) < 4.78 is 26.1. The molecular weight excluding hydrogens is 497 g/mol. The molecule has 0 saturated heterocycles. The van der Waals surface area contributed by atoms with Crippen LogP contribution >= 0.6 is 23.2 Å². The number of halogens is 2. The Hall–Kier alpha value is -2.29. The number of benzene rings is 2. The van der Waals surface area contributed by atoms with E-state index in [2.05, 4.69) is 5.32 Å². The first-order chi connectivity index (χ1) is 15.8. The van der Waals surface area contributed by atoms with Crippen LogP contribution in [0.15, 0.2) is 42.5 Å². The van der Waals surface area contributed by atoms with Crippen molar-refractivity contribution in [1.29, 1.82) is 0 Å². The molecule has 0 unspecified atom stereocenters. The number of carbonyl (C=O) groups is 2. The van der Waals surface area contributed by atoms with Gasteiger partial charge in [0, 0.05) is 22.6 Å². The number of anilines is 1. The number of sulfonamides is 1. The van der Waals surface area contributed by atoms with Gasteiger partial charge in [-0.1, -0.05) is 60.0 Å². The van der Waals surface area contributed by atoms with Gasteiger partial charge in [0.25, 0.3) is 0 Å². The quantitative estimate of drug-likeness (QED) is 0.495. The summed E-state index contributed by atoms with van der Waals surface area (Å²) in [5.74, 6) is -0.847. The van der Waals surface area contributed by atoms with Gasteiger partial charge < -0.3 is 10.2 Å². The lowest BCUT2D eigenvalue weighted by Gasteiger charge is -2.32. The topological polar surface area (TPSA) is 86.8 Å². The zero-order chi connectivity index (χ0) is 25.6. The molecule has 0 heterocycles. The molecule has 0 aromatic heterocycles. The van der Waals surface area contributed by atoms with E-state index in [0.29, 0.717) is 0 Å². The lowest BCUT2D eigenvalue weighted by molar-refractivity contribution is -0.139. The van der Waals surface area contributed by atoms with Crippen LogP contribution in [0.1, 0.15) is 38.3 Å². The van der Waals surface area contributed by atoms with E-state index >= 15 is 0 Å². The second kappa shape index (κ2) is 11.9. The average molecular weight is 529 g/mol. The van der Waals surface area contributed by atoms with Gasteiger partial charge in [0.2, 0.25) is 21.8 Å². The molecule has 0 spiro atoms. The molecule has 0 aliphatic heterocycles. The summed E-state index contributed by atoms with van der Waals surface area (Å²) >= 11 is 12.1. The van der Waals surface area contributed by atoms with E-state index in [-0.39, 0.29) is 34.2 Å². The summed E-state index contributed by atoms with van der Waals surface area (Å²) in [6.07, 6.45) is 1.74. The second-order valence-electron chi connectivity index (χ2n) is 8.40. The van der Waals surface area contributed by atoms with Gasteiger partial charge in [-0.05, 0) is 51.0 Å². The standard InChI is InChI=1S/C24H31Cl2N3O4S/c1-6-17(3)27-24(31)18(4)28(14-19-9-7-16(2)8-10-19)23(30)15-29(34(5,32)33)22-12-20(25)11-21(26)13-22/h7-13,17-18H,6,14-15H2,1-5H3,(H,27,31)/t17-,18+/m0/s1. The third-order valence-electron chi connectivity index (χ3n) is 5.46. The fraction of sp³-hybridized carbons (Fsp3) is 0.417. The van der Waals surface area contributed by atoms with E-state index in [1.165, 1.54) is 23.1 Å². The molecular formula is C24H31Cl2N3O4S.